The molecule has 0 aliphatic heterocycles. The van der Waals surface area contributed by atoms with Crippen molar-refractivity contribution in [3.63, 3.8) is 0 Å². The molecule has 0 spiro atoms. The first-order valence-corrected chi connectivity index (χ1v) is 6.49. The number of rotatable bonds is 4. The Morgan fingerprint density at radius 2 is 2.00 bits per heavy atom. The average molecular weight is 275 g/mol. The quantitative estimate of drug-likeness (QED) is 0.929. The Hall–Kier alpha value is -2.17. The van der Waals surface area contributed by atoms with Crippen LogP contribution in [0.2, 0.25) is 0 Å². The molecule has 0 radical (unpaired) electrons. The number of nitrogens with one attached hydrogen (secondary N) is 1. The first kappa shape index (κ1) is 14.2. The largest absolute Gasteiger partial charge is 0.494 e. The third-order valence-electron chi connectivity index (χ3n) is 3.14. The monoisotopic (exact) mass is 275 g/mol. The van der Waals surface area contributed by atoms with Crippen LogP contribution >= 0.6 is 0 Å². The summed E-state index contributed by atoms with van der Waals surface area (Å²) in [5.74, 6) is 1.15. The Morgan fingerprint density at radius 3 is 2.65 bits per heavy atom. The molecule has 4 nitrogen and oxygen atoms in total. The summed E-state index contributed by atoms with van der Waals surface area (Å²) in [5.41, 5.74) is 2.64. The van der Waals surface area contributed by atoms with Gasteiger partial charge in [0.15, 0.2) is 17.4 Å². The van der Waals surface area contributed by atoms with Crippen LogP contribution in [0.3, 0.4) is 0 Å². The highest BCUT2D eigenvalue weighted by atomic mass is 19.1. The molecule has 2 aromatic rings. The zero-order valence-electron chi connectivity index (χ0n) is 12.1. The van der Waals surface area contributed by atoms with E-state index in [-0.39, 0.29) is 5.75 Å². The van der Waals surface area contributed by atoms with Crippen molar-refractivity contribution in [3.05, 3.63) is 35.3 Å². The van der Waals surface area contributed by atoms with Crippen LogP contribution in [0.4, 0.5) is 10.2 Å². The number of benzene rings is 1. The molecule has 1 N–H and O–H groups in total. The fourth-order valence-electron chi connectivity index (χ4n) is 1.90. The Kier molecular flexibility index (Phi) is 4.17. The minimum Gasteiger partial charge on any atom is -0.494 e. The maximum atomic E-state index is 13.5. The number of halogens is 1. The van der Waals surface area contributed by atoms with Crippen molar-refractivity contribution in [1.82, 2.24) is 9.97 Å². The first-order chi connectivity index (χ1) is 9.56. The van der Waals surface area contributed by atoms with Gasteiger partial charge in [0.05, 0.1) is 7.11 Å². The van der Waals surface area contributed by atoms with Crippen LogP contribution in [0.5, 0.6) is 5.75 Å². The highest BCUT2D eigenvalue weighted by Gasteiger charge is 2.11. The molecule has 0 aliphatic rings. The summed E-state index contributed by atoms with van der Waals surface area (Å²) in [6.45, 7) is 6.70. The maximum Gasteiger partial charge on any atom is 0.165 e. The molecule has 0 saturated heterocycles. The van der Waals surface area contributed by atoms with Crippen LogP contribution < -0.4 is 10.1 Å². The van der Waals surface area contributed by atoms with E-state index in [1.165, 1.54) is 13.2 Å². The molecule has 106 valence electrons. The van der Waals surface area contributed by atoms with E-state index in [2.05, 4.69) is 15.3 Å². The Bertz CT molecular complexity index is 629. The molecule has 5 heteroatoms. The summed E-state index contributed by atoms with van der Waals surface area (Å²) < 4.78 is 18.4. The Balaban J connectivity index is 2.52. The number of nitrogens with zero attached hydrogens (tertiary/aromatic N) is 2. The van der Waals surface area contributed by atoms with Crippen molar-refractivity contribution < 1.29 is 9.13 Å². The topological polar surface area (TPSA) is 47.0 Å². The number of hydrogen-bond acceptors (Lipinski definition) is 4. The molecule has 0 atom stereocenters. The van der Waals surface area contributed by atoms with Crippen molar-refractivity contribution >= 4 is 5.82 Å². The van der Waals surface area contributed by atoms with E-state index >= 15 is 0 Å². The van der Waals surface area contributed by atoms with Crippen LogP contribution in [0, 0.1) is 19.7 Å². The van der Waals surface area contributed by atoms with Gasteiger partial charge in [-0.05, 0) is 39.0 Å². The fourth-order valence-corrected chi connectivity index (χ4v) is 1.90. The predicted molar refractivity (Wildman–Crippen MR) is 77.6 cm³/mol. The van der Waals surface area contributed by atoms with Gasteiger partial charge in [0.25, 0.3) is 0 Å². The molecule has 1 heterocycles. The molecular weight excluding hydrogens is 257 g/mol. The lowest BCUT2D eigenvalue weighted by molar-refractivity contribution is 0.387. The van der Waals surface area contributed by atoms with Gasteiger partial charge < -0.3 is 10.1 Å². The van der Waals surface area contributed by atoms with Crippen LogP contribution in [0.1, 0.15) is 18.2 Å². The molecule has 0 saturated carbocycles. The lowest BCUT2D eigenvalue weighted by atomic mass is 10.1. The standard InChI is InChI=1S/C15H18FN3O/c1-5-17-14-9(2)10(3)18-15(19-14)11-6-7-12(16)13(8-11)20-4/h6-8H,5H2,1-4H3,(H,17,18,19). The third-order valence-corrected chi connectivity index (χ3v) is 3.14. The minimum atomic E-state index is -0.396. The minimum absolute atomic E-state index is 0.189. The number of hydrogen-bond donors (Lipinski definition) is 1. The molecule has 0 fully saturated rings. The second-order valence-electron chi connectivity index (χ2n) is 4.49. The fraction of sp³-hybridized carbons (Fsp3) is 0.333. The van der Waals surface area contributed by atoms with E-state index in [9.17, 15) is 4.39 Å². The van der Waals surface area contributed by atoms with Gasteiger partial charge in [-0.2, -0.15) is 0 Å². The summed E-state index contributed by atoms with van der Waals surface area (Å²) >= 11 is 0. The predicted octanol–water partition coefficient (Wildman–Crippen LogP) is 3.34. The van der Waals surface area contributed by atoms with Gasteiger partial charge in [0.1, 0.15) is 5.82 Å². The summed E-state index contributed by atoms with van der Waals surface area (Å²) in [6.07, 6.45) is 0. The summed E-state index contributed by atoms with van der Waals surface area (Å²) in [4.78, 5) is 8.96. The van der Waals surface area contributed by atoms with Crippen molar-refractivity contribution in [2.45, 2.75) is 20.8 Å². The van der Waals surface area contributed by atoms with Crippen molar-refractivity contribution in [1.29, 1.82) is 0 Å². The first-order valence-electron chi connectivity index (χ1n) is 6.49. The molecule has 0 bridgehead atoms. The van der Waals surface area contributed by atoms with Gasteiger partial charge in [-0.1, -0.05) is 0 Å². The highest BCUT2D eigenvalue weighted by Crippen LogP contribution is 2.26. The maximum absolute atomic E-state index is 13.5. The van der Waals surface area contributed by atoms with Gasteiger partial charge >= 0.3 is 0 Å². The average Bonchev–Trinajstić information content (AvgIpc) is 2.44. The van der Waals surface area contributed by atoms with Gasteiger partial charge in [-0.25, -0.2) is 14.4 Å². The van der Waals surface area contributed by atoms with Gasteiger partial charge in [-0.3, -0.25) is 0 Å². The molecule has 2 rings (SSSR count). The molecule has 20 heavy (non-hydrogen) atoms. The lowest BCUT2D eigenvalue weighted by Crippen LogP contribution is -2.06. The van der Waals surface area contributed by atoms with Crippen LogP contribution in [-0.4, -0.2) is 23.6 Å². The van der Waals surface area contributed by atoms with E-state index in [4.69, 9.17) is 4.74 Å². The second-order valence-corrected chi connectivity index (χ2v) is 4.49. The third kappa shape index (κ3) is 2.71. The summed E-state index contributed by atoms with van der Waals surface area (Å²) in [5, 5.41) is 3.21. The normalized spacial score (nSPS) is 10.4. The van der Waals surface area contributed by atoms with E-state index in [0.29, 0.717) is 5.82 Å². The number of methoxy groups -OCH3 is 1. The zero-order chi connectivity index (χ0) is 14.7. The van der Waals surface area contributed by atoms with Crippen LogP contribution in [0.25, 0.3) is 11.4 Å². The van der Waals surface area contributed by atoms with E-state index in [1.54, 1.807) is 12.1 Å². The van der Waals surface area contributed by atoms with E-state index in [0.717, 1.165) is 29.2 Å². The van der Waals surface area contributed by atoms with Gasteiger partial charge in [0.2, 0.25) is 0 Å². The Labute approximate surface area is 118 Å². The molecule has 0 unspecified atom stereocenters. The summed E-state index contributed by atoms with van der Waals surface area (Å²) in [7, 11) is 1.44. The molecule has 0 amide bonds. The molecule has 1 aromatic carbocycles. The highest BCUT2D eigenvalue weighted by molar-refractivity contribution is 5.61. The van der Waals surface area contributed by atoms with Crippen molar-refractivity contribution in [2.75, 3.05) is 19.0 Å². The van der Waals surface area contributed by atoms with Gasteiger partial charge in [-0.15, -0.1) is 0 Å². The molecule has 1 aromatic heterocycles. The number of ether oxygens (including phenoxy) is 1. The number of aromatic nitrogens is 2. The second kappa shape index (κ2) is 5.86. The zero-order valence-corrected chi connectivity index (χ0v) is 12.1. The van der Waals surface area contributed by atoms with Crippen LogP contribution in [0.15, 0.2) is 18.2 Å². The number of aryl methyl sites for hydroxylation is 1. The van der Waals surface area contributed by atoms with E-state index < -0.39 is 5.82 Å². The van der Waals surface area contributed by atoms with Crippen molar-refractivity contribution in [2.24, 2.45) is 0 Å². The number of anilines is 1. The van der Waals surface area contributed by atoms with Crippen LogP contribution in [-0.2, 0) is 0 Å². The Morgan fingerprint density at radius 1 is 1.25 bits per heavy atom. The lowest BCUT2D eigenvalue weighted by Gasteiger charge is -2.11. The SMILES string of the molecule is CCNc1nc(-c2ccc(F)c(OC)c2)nc(C)c1C. The molecular formula is C15H18FN3O. The molecule has 0 aliphatic carbocycles. The summed E-state index contributed by atoms with van der Waals surface area (Å²) in [6, 6.07) is 4.62. The smallest absolute Gasteiger partial charge is 0.165 e. The van der Waals surface area contributed by atoms with Crippen molar-refractivity contribution in [3.8, 4) is 17.1 Å². The van der Waals surface area contributed by atoms with E-state index in [1.807, 2.05) is 20.8 Å². The van der Waals surface area contributed by atoms with Gasteiger partial charge in [0, 0.05) is 23.4 Å².